The molecule has 0 spiro atoms. The standard InChI is InChI=1S/C22H27N3O5/c1-3-29-19-11-9-16(10-12-19)13-17(14-23)21(27)30-15(2)20(26)25-22(28)24-18-7-5-4-6-8-18/h9-13,15,18H,3-8H2,1-2H3,(H2,24,25,26,28)/b17-13+/t15-/m1/s1. The number of carbonyl (C=O) groups is 3. The fraction of sp³-hybridized carbons (Fsp3) is 0.455. The lowest BCUT2D eigenvalue weighted by atomic mass is 9.96. The molecule has 1 aromatic carbocycles. The summed E-state index contributed by atoms with van der Waals surface area (Å²) in [4.78, 5) is 36.3. The summed E-state index contributed by atoms with van der Waals surface area (Å²) in [6, 6.07) is 8.04. The van der Waals surface area contributed by atoms with Crippen LogP contribution in [0.2, 0.25) is 0 Å². The topological polar surface area (TPSA) is 118 Å². The van der Waals surface area contributed by atoms with Crippen LogP contribution in [0.1, 0.15) is 51.5 Å². The maximum atomic E-state index is 12.2. The van der Waals surface area contributed by atoms with Gasteiger partial charge in [-0.3, -0.25) is 10.1 Å². The molecule has 8 heteroatoms. The third-order valence-corrected chi connectivity index (χ3v) is 4.67. The zero-order chi connectivity index (χ0) is 21.9. The number of urea groups is 1. The molecule has 1 saturated carbocycles. The first-order chi connectivity index (χ1) is 14.4. The van der Waals surface area contributed by atoms with Gasteiger partial charge in [0.15, 0.2) is 6.10 Å². The first kappa shape index (κ1) is 22.9. The summed E-state index contributed by atoms with van der Waals surface area (Å²) in [5.41, 5.74) is 0.349. The highest BCUT2D eigenvalue weighted by molar-refractivity contribution is 6.01. The van der Waals surface area contributed by atoms with Crippen LogP contribution in [0.3, 0.4) is 0 Å². The molecule has 30 heavy (non-hydrogen) atoms. The normalized spacial score (nSPS) is 15.4. The van der Waals surface area contributed by atoms with Gasteiger partial charge in [0.2, 0.25) is 0 Å². The lowest BCUT2D eigenvalue weighted by Crippen LogP contribution is -2.48. The highest BCUT2D eigenvalue weighted by atomic mass is 16.5. The Morgan fingerprint density at radius 1 is 1.20 bits per heavy atom. The Labute approximate surface area is 176 Å². The third-order valence-electron chi connectivity index (χ3n) is 4.67. The van der Waals surface area contributed by atoms with Crippen molar-refractivity contribution in [2.75, 3.05) is 6.61 Å². The SMILES string of the molecule is CCOc1ccc(/C=C(\C#N)C(=O)O[C@H](C)C(=O)NC(=O)NC2CCCCC2)cc1. The van der Waals surface area contributed by atoms with Crippen LogP contribution in [0.4, 0.5) is 4.79 Å². The van der Waals surface area contributed by atoms with E-state index >= 15 is 0 Å². The van der Waals surface area contributed by atoms with Gasteiger partial charge >= 0.3 is 12.0 Å². The number of benzene rings is 1. The van der Waals surface area contributed by atoms with Gasteiger partial charge in [-0.15, -0.1) is 0 Å². The van der Waals surface area contributed by atoms with E-state index in [1.54, 1.807) is 30.3 Å². The minimum Gasteiger partial charge on any atom is -0.494 e. The quantitative estimate of drug-likeness (QED) is 0.403. The molecule has 0 bridgehead atoms. The van der Waals surface area contributed by atoms with Crippen molar-refractivity contribution in [3.63, 3.8) is 0 Å². The highest BCUT2D eigenvalue weighted by Crippen LogP contribution is 2.17. The molecule has 2 N–H and O–H groups in total. The van der Waals surface area contributed by atoms with Crippen molar-refractivity contribution in [3.8, 4) is 11.8 Å². The van der Waals surface area contributed by atoms with Crippen LogP contribution in [0.15, 0.2) is 29.8 Å². The average molecular weight is 413 g/mol. The van der Waals surface area contributed by atoms with Gasteiger partial charge < -0.3 is 14.8 Å². The van der Waals surface area contributed by atoms with Crippen molar-refractivity contribution in [1.82, 2.24) is 10.6 Å². The molecule has 1 aliphatic rings. The first-order valence-corrected chi connectivity index (χ1v) is 10.1. The smallest absolute Gasteiger partial charge is 0.349 e. The van der Waals surface area contributed by atoms with Crippen LogP contribution in [0.5, 0.6) is 5.75 Å². The molecule has 0 aliphatic heterocycles. The van der Waals surface area contributed by atoms with Gasteiger partial charge in [-0.1, -0.05) is 31.4 Å². The lowest BCUT2D eigenvalue weighted by Gasteiger charge is -2.23. The van der Waals surface area contributed by atoms with Gasteiger partial charge in [-0.05, 0) is 50.5 Å². The van der Waals surface area contributed by atoms with Crippen LogP contribution in [0.25, 0.3) is 6.08 Å². The van der Waals surface area contributed by atoms with E-state index in [0.29, 0.717) is 17.9 Å². The number of hydrogen-bond donors (Lipinski definition) is 2. The van der Waals surface area contributed by atoms with Crippen molar-refractivity contribution in [2.24, 2.45) is 0 Å². The number of rotatable bonds is 7. The van der Waals surface area contributed by atoms with Crippen LogP contribution in [-0.4, -0.2) is 36.7 Å². The van der Waals surface area contributed by atoms with Crippen LogP contribution in [-0.2, 0) is 14.3 Å². The Balaban J connectivity index is 1.89. The summed E-state index contributed by atoms with van der Waals surface area (Å²) in [6.45, 7) is 3.74. The number of esters is 1. The Kier molecular flexibility index (Phi) is 8.88. The molecule has 0 saturated heterocycles. The molecule has 0 unspecified atom stereocenters. The maximum Gasteiger partial charge on any atom is 0.349 e. The number of ether oxygens (including phenoxy) is 2. The molecule has 8 nitrogen and oxygen atoms in total. The van der Waals surface area contributed by atoms with E-state index in [-0.39, 0.29) is 11.6 Å². The molecule has 160 valence electrons. The van der Waals surface area contributed by atoms with Crippen molar-refractivity contribution in [1.29, 1.82) is 5.26 Å². The molecule has 0 aromatic heterocycles. The number of nitrogens with zero attached hydrogens (tertiary/aromatic N) is 1. The van der Waals surface area contributed by atoms with Crippen molar-refractivity contribution >= 4 is 24.0 Å². The molecule has 0 radical (unpaired) electrons. The van der Waals surface area contributed by atoms with E-state index < -0.39 is 24.0 Å². The summed E-state index contributed by atoms with van der Waals surface area (Å²) >= 11 is 0. The molecule has 2 rings (SSSR count). The van der Waals surface area contributed by atoms with Gasteiger partial charge in [-0.25, -0.2) is 9.59 Å². The number of nitriles is 1. The van der Waals surface area contributed by atoms with Gasteiger partial charge in [0, 0.05) is 6.04 Å². The highest BCUT2D eigenvalue weighted by Gasteiger charge is 2.23. The monoisotopic (exact) mass is 413 g/mol. The number of nitrogens with one attached hydrogen (secondary N) is 2. The second-order valence-corrected chi connectivity index (χ2v) is 7.02. The van der Waals surface area contributed by atoms with E-state index in [9.17, 15) is 19.6 Å². The van der Waals surface area contributed by atoms with Gasteiger partial charge in [0.25, 0.3) is 5.91 Å². The van der Waals surface area contributed by atoms with E-state index in [1.807, 2.05) is 6.92 Å². The van der Waals surface area contributed by atoms with E-state index in [0.717, 1.165) is 32.1 Å². The van der Waals surface area contributed by atoms with Gasteiger partial charge in [-0.2, -0.15) is 5.26 Å². The van der Waals surface area contributed by atoms with Crippen LogP contribution >= 0.6 is 0 Å². The van der Waals surface area contributed by atoms with Crippen molar-refractivity contribution < 1.29 is 23.9 Å². The Morgan fingerprint density at radius 3 is 2.47 bits per heavy atom. The Hall–Kier alpha value is -3.34. The van der Waals surface area contributed by atoms with Crippen molar-refractivity contribution in [3.05, 3.63) is 35.4 Å². The Bertz CT molecular complexity index is 820. The predicted octanol–water partition coefficient (Wildman–Crippen LogP) is 3.08. The summed E-state index contributed by atoms with van der Waals surface area (Å²) in [5.74, 6) is -1.02. The molecule has 1 aliphatic carbocycles. The summed E-state index contributed by atoms with van der Waals surface area (Å²) < 4.78 is 10.4. The molecular formula is C22H27N3O5. The molecule has 1 aromatic rings. The summed E-state index contributed by atoms with van der Waals surface area (Å²) in [7, 11) is 0. The number of imide groups is 1. The fourth-order valence-corrected chi connectivity index (χ4v) is 3.09. The second-order valence-electron chi connectivity index (χ2n) is 7.02. The summed E-state index contributed by atoms with van der Waals surface area (Å²) in [6.07, 6.45) is 5.14. The largest absolute Gasteiger partial charge is 0.494 e. The minimum atomic E-state index is -1.23. The van der Waals surface area contributed by atoms with E-state index in [1.165, 1.54) is 13.0 Å². The molecule has 1 fully saturated rings. The fourth-order valence-electron chi connectivity index (χ4n) is 3.09. The van der Waals surface area contributed by atoms with Gasteiger partial charge in [0.1, 0.15) is 17.4 Å². The second kappa shape index (κ2) is 11.6. The molecule has 3 amide bonds. The van der Waals surface area contributed by atoms with Crippen LogP contribution < -0.4 is 15.4 Å². The minimum absolute atomic E-state index is 0.0478. The number of carbonyl (C=O) groups excluding carboxylic acids is 3. The lowest BCUT2D eigenvalue weighted by molar-refractivity contribution is -0.150. The van der Waals surface area contributed by atoms with E-state index in [4.69, 9.17) is 9.47 Å². The number of hydrogen-bond acceptors (Lipinski definition) is 6. The average Bonchev–Trinajstić information content (AvgIpc) is 2.73. The molecular weight excluding hydrogens is 386 g/mol. The Morgan fingerprint density at radius 2 is 1.87 bits per heavy atom. The maximum absolute atomic E-state index is 12.2. The van der Waals surface area contributed by atoms with E-state index in [2.05, 4.69) is 10.6 Å². The predicted molar refractivity (Wildman–Crippen MR) is 110 cm³/mol. The zero-order valence-corrected chi connectivity index (χ0v) is 17.3. The zero-order valence-electron chi connectivity index (χ0n) is 17.3. The number of amides is 3. The first-order valence-electron chi connectivity index (χ1n) is 10.1. The van der Waals surface area contributed by atoms with Crippen molar-refractivity contribution in [2.45, 2.75) is 58.1 Å². The van der Waals surface area contributed by atoms with Crippen LogP contribution in [0, 0.1) is 11.3 Å². The summed E-state index contributed by atoms with van der Waals surface area (Å²) in [5, 5.41) is 14.2. The molecule has 1 atom stereocenters. The molecule has 0 heterocycles. The third kappa shape index (κ3) is 7.24. The van der Waals surface area contributed by atoms with Gasteiger partial charge in [0.05, 0.1) is 6.61 Å².